The molecule has 0 spiro atoms. The monoisotopic (exact) mass is 198 g/mol. The molecular weight excluding hydrogens is 176 g/mol. The van der Waals surface area contributed by atoms with Crippen LogP contribution in [0.3, 0.4) is 0 Å². The summed E-state index contributed by atoms with van der Waals surface area (Å²) in [5, 5.41) is 19.7. The number of hydrogen-bond donors (Lipinski definition) is 2. The van der Waals surface area contributed by atoms with Crippen LogP contribution in [0.5, 0.6) is 0 Å². The van der Waals surface area contributed by atoms with Gasteiger partial charge in [0.2, 0.25) is 0 Å². The van der Waals surface area contributed by atoms with Gasteiger partial charge in [-0.25, -0.2) is 0 Å². The number of terminal acetylenes is 1. The van der Waals surface area contributed by atoms with Crippen LogP contribution in [0.1, 0.15) is 34.1 Å². The van der Waals surface area contributed by atoms with E-state index in [0.717, 1.165) is 6.42 Å². The van der Waals surface area contributed by atoms with Crippen LogP contribution >= 0.6 is 0 Å². The Labute approximate surface area is 87.3 Å². The highest BCUT2D eigenvalue weighted by Crippen LogP contribution is 2.22. The molecule has 0 saturated carbocycles. The first-order valence-electron chi connectivity index (χ1n) is 5.27. The lowest BCUT2D eigenvalue weighted by Gasteiger charge is -2.29. The summed E-state index contributed by atoms with van der Waals surface area (Å²) < 4.78 is 0. The van der Waals surface area contributed by atoms with Gasteiger partial charge in [0.05, 0.1) is 12.2 Å². The highest BCUT2D eigenvalue weighted by atomic mass is 16.3. The number of aliphatic hydroxyl groups excluding tert-OH is 2. The predicted octanol–water partition coefficient (Wildman–Crippen LogP) is 1.66. The molecule has 0 rings (SSSR count). The first-order chi connectivity index (χ1) is 6.45. The zero-order chi connectivity index (χ0) is 11.3. The van der Waals surface area contributed by atoms with Gasteiger partial charge in [-0.05, 0) is 12.8 Å². The molecule has 5 atom stereocenters. The van der Waals surface area contributed by atoms with Gasteiger partial charge in [-0.15, -0.1) is 12.3 Å². The van der Waals surface area contributed by atoms with Crippen LogP contribution < -0.4 is 0 Å². The largest absolute Gasteiger partial charge is 0.392 e. The molecule has 0 aromatic rings. The van der Waals surface area contributed by atoms with Gasteiger partial charge in [0.1, 0.15) is 0 Å². The van der Waals surface area contributed by atoms with Crippen LogP contribution in [0.25, 0.3) is 0 Å². The average molecular weight is 198 g/mol. The maximum atomic E-state index is 9.87. The Bertz CT molecular complexity index is 195. The van der Waals surface area contributed by atoms with Crippen molar-refractivity contribution in [1.82, 2.24) is 0 Å². The molecule has 0 aliphatic heterocycles. The van der Waals surface area contributed by atoms with Gasteiger partial charge in [0.15, 0.2) is 0 Å². The van der Waals surface area contributed by atoms with Crippen molar-refractivity contribution in [2.45, 2.75) is 46.3 Å². The summed E-state index contributed by atoms with van der Waals surface area (Å²) in [4.78, 5) is 0. The zero-order valence-corrected chi connectivity index (χ0v) is 9.57. The molecule has 0 aliphatic rings. The smallest absolute Gasteiger partial charge is 0.0725 e. The fourth-order valence-electron chi connectivity index (χ4n) is 1.52. The second kappa shape index (κ2) is 6.06. The highest BCUT2D eigenvalue weighted by molar-refractivity contribution is 4.96. The van der Waals surface area contributed by atoms with Crippen molar-refractivity contribution in [2.75, 3.05) is 0 Å². The Balaban J connectivity index is 4.31. The summed E-state index contributed by atoms with van der Waals surface area (Å²) in [5.41, 5.74) is 0. The molecule has 0 saturated heterocycles. The molecule has 82 valence electrons. The van der Waals surface area contributed by atoms with Crippen molar-refractivity contribution in [3.05, 3.63) is 0 Å². The van der Waals surface area contributed by atoms with Crippen LogP contribution in [-0.2, 0) is 0 Å². The average Bonchev–Trinajstić information content (AvgIpc) is 2.23. The van der Waals surface area contributed by atoms with E-state index in [1.807, 2.05) is 20.8 Å². The quantitative estimate of drug-likeness (QED) is 0.660. The topological polar surface area (TPSA) is 40.5 Å². The second-order valence-electron chi connectivity index (χ2n) is 4.18. The minimum absolute atomic E-state index is 0.170. The molecule has 0 fully saturated rings. The first kappa shape index (κ1) is 13.5. The van der Waals surface area contributed by atoms with Crippen molar-refractivity contribution >= 4 is 0 Å². The predicted molar refractivity (Wildman–Crippen MR) is 58.6 cm³/mol. The first-order valence-corrected chi connectivity index (χ1v) is 5.27. The van der Waals surface area contributed by atoms with Crippen LogP contribution in [0.4, 0.5) is 0 Å². The SMILES string of the molecule is C#C[C@H](C)[C@H](O)[C@@H](C)[C@@H](O)[C@H](C)CC. The van der Waals surface area contributed by atoms with Gasteiger partial charge in [0, 0.05) is 11.8 Å². The van der Waals surface area contributed by atoms with Crippen LogP contribution in [0.15, 0.2) is 0 Å². The Hall–Kier alpha value is -0.520. The zero-order valence-electron chi connectivity index (χ0n) is 9.57. The molecule has 2 heteroatoms. The standard InChI is InChI=1S/C12H22O2/c1-6-8(3)11(13)10(5)12(14)9(4)7-2/h1,8-14H,7H2,2-5H3/t8-,9+,10+,11-,12-/m0/s1. The summed E-state index contributed by atoms with van der Waals surface area (Å²) in [6.07, 6.45) is 5.03. The molecule has 0 aromatic heterocycles. The van der Waals surface area contributed by atoms with Gasteiger partial charge in [0.25, 0.3) is 0 Å². The summed E-state index contributed by atoms with van der Waals surface area (Å²) in [5.74, 6) is 2.32. The molecule has 0 amide bonds. The van der Waals surface area contributed by atoms with Crippen molar-refractivity contribution in [3.63, 3.8) is 0 Å². The van der Waals surface area contributed by atoms with E-state index in [2.05, 4.69) is 5.92 Å². The molecule has 2 nitrogen and oxygen atoms in total. The van der Waals surface area contributed by atoms with Crippen molar-refractivity contribution in [2.24, 2.45) is 17.8 Å². The van der Waals surface area contributed by atoms with Crippen molar-refractivity contribution in [3.8, 4) is 12.3 Å². The third kappa shape index (κ3) is 3.32. The summed E-state index contributed by atoms with van der Waals surface area (Å²) in [6.45, 7) is 7.64. The number of hydrogen-bond acceptors (Lipinski definition) is 2. The van der Waals surface area contributed by atoms with E-state index >= 15 is 0 Å². The third-order valence-corrected chi connectivity index (χ3v) is 3.08. The second-order valence-corrected chi connectivity index (χ2v) is 4.18. The fourth-order valence-corrected chi connectivity index (χ4v) is 1.52. The Morgan fingerprint density at radius 1 is 1.14 bits per heavy atom. The molecule has 0 aromatic carbocycles. The van der Waals surface area contributed by atoms with E-state index in [0.29, 0.717) is 0 Å². The van der Waals surface area contributed by atoms with E-state index < -0.39 is 12.2 Å². The number of rotatable bonds is 5. The van der Waals surface area contributed by atoms with Crippen molar-refractivity contribution in [1.29, 1.82) is 0 Å². The lowest BCUT2D eigenvalue weighted by molar-refractivity contribution is -0.0193. The normalized spacial score (nSPS) is 21.8. The van der Waals surface area contributed by atoms with Gasteiger partial charge in [-0.1, -0.05) is 27.2 Å². The van der Waals surface area contributed by atoms with Crippen LogP contribution in [0.2, 0.25) is 0 Å². The Kier molecular flexibility index (Phi) is 5.83. The minimum Gasteiger partial charge on any atom is -0.392 e. The Morgan fingerprint density at radius 2 is 1.64 bits per heavy atom. The summed E-state index contributed by atoms with van der Waals surface area (Å²) in [7, 11) is 0. The minimum atomic E-state index is -0.621. The van der Waals surface area contributed by atoms with Gasteiger partial charge < -0.3 is 10.2 Å². The lowest BCUT2D eigenvalue weighted by Crippen LogP contribution is -2.37. The maximum Gasteiger partial charge on any atom is 0.0725 e. The summed E-state index contributed by atoms with van der Waals surface area (Å²) >= 11 is 0. The molecule has 2 N–H and O–H groups in total. The molecule has 0 radical (unpaired) electrons. The molecule has 14 heavy (non-hydrogen) atoms. The summed E-state index contributed by atoms with van der Waals surface area (Å²) in [6, 6.07) is 0. The molecular formula is C12H22O2. The fraction of sp³-hybridized carbons (Fsp3) is 0.833. The number of aliphatic hydroxyl groups is 2. The highest BCUT2D eigenvalue weighted by Gasteiger charge is 2.28. The van der Waals surface area contributed by atoms with Crippen LogP contribution in [-0.4, -0.2) is 22.4 Å². The van der Waals surface area contributed by atoms with Crippen LogP contribution in [0, 0.1) is 30.1 Å². The van der Waals surface area contributed by atoms with Crippen molar-refractivity contribution < 1.29 is 10.2 Å². The molecule has 0 unspecified atom stereocenters. The third-order valence-electron chi connectivity index (χ3n) is 3.08. The molecule has 0 bridgehead atoms. The van der Waals surface area contributed by atoms with Gasteiger partial charge in [-0.2, -0.15) is 0 Å². The Morgan fingerprint density at radius 3 is 2.00 bits per heavy atom. The van der Waals surface area contributed by atoms with E-state index in [4.69, 9.17) is 6.42 Å². The van der Waals surface area contributed by atoms with E-state index in [1.165, 1.54) is 0 Å². The van der Waals surface area contributed by atoms with E-state index in [-0.39, 0.29) is 17.8 Å². The lowest BCUT2D eigenvalue weighted by atomic mass is 9.84. The maximum absolute atomic E-state index is 9.87. The molecule has 0 heterocycles. The van der Waals surface area contributed by atoms with E-state index in [1.54, 1.807) is 6.92 Å². The van der Waals surface area contributed by atoms with Gasteiger partial charge in [-0.3, -0.25) is 0 Å². The molecule has 0 aliphatic carbocycles. The van der Waals surface area contributed by atoms with Gasteiger partial charge >= 0.3 is 0 Å². The van der Waals surface area contributed by atoms with E-state index in [9.17, 15) is 10.2 Å².